The highest BCUT2D eigenvalue weighted by atomic mass is 13.4. The Bertz CT molecular complexity index is 8.00. The first-order chi connectivity index (χ1) is 6.66. The van der Waals surface area contributed by atoms with Gasteiger partial charge in [0.2, 0.25) is 0 Å². The van der Waals surface area contributed by atoms with E-state index in [9.17, 15) is 0 Å². The van der Waals surface area contributed by atoms with E-state index in [1.54, 1.807) is 0 Å². The second-order valence-electron chi connectivity index (χ2n) is 2.83. The normalized spacial score (nSPS) is 4.33. The van der Waals surface area contributed by atoms with Crippen molar-refractivity contribution in [3.8, 4) is 0 Å². The molecule has 0 bridgehead atoms. The predicted molar refractivity (Wildman–Crippen MR) is 102 cm³/mol. The smallest absolute Gasteiger partial charge is 0.0590 e. The first kappa shape index (κ1) is 64.2. The lowest BCUT2D eigenvalue weighted by Gasteiger charge is -1.48. The minimum absolute atomic E-state index is 0. The summed E-state index contributed by atoms with van der Waals surface area (Å²) in [6, 6.07) is 0. The van der Waals surface area contributed by atoms with Gasteiger partial charge in [0.25, 0.3) is 0 Å². The van der Waals surface area contributed by atoms with Crippen LogP contribution in [-0.4, -0.2) is 0 Å². The fraction of sp³-hybridized carbons (Fsp3) is 1.00. The molecule has 0 aliphatic carbocycles. The summed E-state index contributed by atoms with van der Waals surface area (Å²) in [6.45, 7) is 21.0. The van der Waals surface area contributed by atoms with E-state index in [1.807, 2.05) is 13.8 Å². The highest BCUT2D eigenvalue weighted by molar-refractivity contribution is 3.93. The van der Waals surface area contributed by atoms with Crippen molar-refractivity contribution in [3.05, 3.63) is 0 Å². The zero-order valence-corrected chi connectivity index (χ0v) is 12.8. The standard InChI is InChI=1S/4C3H8.C2H6.4CH4/c4*1-3-2;1-2;;;;/h4*3H2,1-2H3;1-2H3;4*1H4. The van der Waals surface area contributed by atoms with E-state index in [4.69, 9.17) is 0 Å². The summed E-state index contributed by atoms with van der Waals surface area (Å²) in [4.78, 5) is 0. The SMILES string of the molecule is C.C.C.C.CC.CCC.CCC.CCC.CCC. The van der Waals surface area contributed by atoms with Crippen molar-refractivity contribution in [2.75, 3.05) is 0 Å². The van der Waals surface area contributed by atoms with Crippen LogP contribution in [0.3, 0.4) is 0 Å². The molecule has 0 spiro atoms. The van der Waals surface area contributed by atoms with Crippen LogP contribution in [0.2, 0.25) is 0 Å². The van der Waals surface area contributed by atoms with Gasteiger partial charge >= 0.3 is 0 Å². The number of hydrogen-bond donors (Lipinski definition) is 0. The summed E-state index contributed by atoms with van der Waals surface area (Å²) < 4.78 is 0. The van der Waals surface area contributed by atoms with Gasteiger partial charge in [-0.15, -0.1) is 0 Å². The fourth-order valence-corrected chi connectivity index (χ4v) is 0. The fourth-order valence-electron chi connectivity index (χ4n) is 0. The van der Waals surface area contributed by atoms with Crippen molar-refractivity contribution in [3.63, 3.8) is 0 Å². The zero-order valence-electron chi connectivity index (χ0n) is 12.8. The first-order valence-electron chi connectivity index (χ1n) is 6.66. The largest absolute Gasteiger partial charge is 0.0776 e. The summed E-state index contributed by atoms with van der Waals surface area (Å²) in [5, 5.41) is 0. The maximum Gasteiger partial charge on any atom is -0.0590 e. The molecule has 0 amide bonds. The van der Waals surface area contributed by atoms with Crippen molar-refractivity contribution in [2.24, 2.45) is 0 Å². The van der Waals surface area contributed by atoms with Crippen molar-refractivity contribution in [1.82, 2.24) is 0 Å². The Morgan fingerprint density at radius 2 is 0.333 bits per heavy atom. The molecule has 0 rings (SSSR count). The molecular formula is C18H54. The summed E-state index contributed by atoms with van der Waals surface area (Å²) >= 11 is 0. The molecule has 0 aliphatic heterocycles. The Kier molecular flexibility index (Phi) is 970. The third-order valence-electron chi connectivity index (χ3n) is 0. The van der Waals surface area contributed by atoms with E-state index in [0.717, 1.165) is 0 Å². The second kappa shape index (κ2) is 272. The van der Waals surface area contributed by atoms with Crippen LogP contribution in [0.4, 0.5) is 0 Å². The monoisotopic (exact) mass is 270 g/mol. The molecule has 0 atom stereocenters. The second-order valence-corrected chi connectivity index (χ2v) is 2.83. The molecule has 0 N–H and O–H groups in total. The van der Waals surface area contributed by atoms with Crippen LogP contribution >= 0.6 is 0 Å². The van der Waals surface area contributed by atoms with Gasteiger partial charge in [-0.25, -0.2) is 0 Å². The maximum absolute atomic E-state index is 2.12. The molecule has 0 heterocycles. The summed E-state index contributed by atoms with van der Waals surface area (Å²) in [5.74, 6) is 0. The molecule has 0 saturated carbocycles. The molecule has 0 aliphatic rings. The predicted octanol–water partition coefficient (Wildman–Crippen LogP) is 9.24. The molecule has 0 aromatic carbocycles. The Morgan fingerprint density at radius 3 is 0.333 bits per heavy atom. The Balaban J connectivity index is -0.00000000766. The van der Waals surface area contributed by atoms with Crippen LogP contribution in [0.25, 0.3) is 0 Å². The Hall–Kier alpha value is 0. The number of hydrogen-bond acceptors (Lipinski definition) is 0. The first-order valence-corrected chi connectivity index (χ1v) is 6.66. The lowest BCUT2D eigenvalue weighted by Crippen LogP contribution is -1.27. The van der Waals surface area contributed by atoms with Crippen LogP contribution in [-0.2, 0) is 0 Å². The van der Waals surface area contributed by atoms with E-state index in [1.165, 1.54) is 25.7 Å². The highest BCUT2D eigenvalue weighted by Gasteiger charge is 1.36. The topological polar surface area (TPSA) is 0 Å². The molecule has 0 saturated heterocycles. The molecule has 18 heavy (non-hydrogen) atoms. The van der Waals surface area contributed by atoms with Crippen LogP contribution in [0.15, 0.2) is 0 Å². The van der Waals surface area contributed by atoms with Gasteiger partial charge in [-0.1, -0.05) is 125 Å². The quantitative estimate of drug-likeness (QED) is 0.411. The summed E-state index contributed by atoms with van der Waals surface area (Å²) in [6.07, 6.45) is 5.00. The van der Waals surface area contributed by atoms with Gasteiger partial charge in [0, 0.05) is 0 Å². The minimum atomic E-state index is 0. The molecule has 0 heteroatoms. The van der Waals surface area contributed by atoms with Gasteiger partial charge in [0.05, 0.1) is 0 Å². The molecule has 0 radical (unpaired) electrons. The molecule has 0 unspecified atom stereocenters. The van der Waals surface area contributed by atoms with E-state index in [0.29, 0.717) is 0 Å². The third kappa shape index (κ3) is 0. The van der Waals surface area contributed by atoms with Crippen molar-refractivity contribution >= 4 is 0 Å². The molecule has 0 aromatic rings. The summed E-state index contributed by atoms with van der Waals surface area (Å²) in [7, 11) is 0. The maximum atomic E-state index is 2.12. The van der Waals surface area contributed by atoms with Crippen molar-refractivity contribution in [1.29, 1.82) is 0 Å². The van der Waals surface area contributed by atoms with E-state index < -0.39 is 0 Å². The molecular weight excluding hydrogens is 216 g/mol. The minimum Gasteiger partial charge on any atom is -0.0776 e. The van der Waals surface area contributed by atoms with Crippen LogP contribution < -0.4 is 0 Å². The van der Waals surface area contributed by atoms with Gasteiger partial charge in [0.1, 0.15) is 0 Å². The van der Waals surface area contributed by atoms with Crippen molar-refractivity contribution in [2.45, 2.75) is 125 Å². The van der Waals surface area contributed by atoms with Crippen LogP contribution in [0.1, 0.15) is 125 Å². The van der Waals surface area contributed by atoms with Gasteiger partial charge < -0.3 is 0 Å². The van der Waals surface area contributed by atoms with Gasteiger partial charge in [-0.2, -0.15) is 0 Å². The summed E-state index contributed by atoms with van der Waals surface area (Å²) in [5.41, 5.74) is 0. The van der Waals surface area contributed by atoms with E-state index in [-0.39, 0.29) is 29.7 Å². The van der Waals surface area contributed by atoms with Crippen LogP contribution in [0, 0.1) is 0 Å². The Morgan fingerprint density at radius 1 is 0.333 bits per heavy atom. The third-order valence-corrected chi connectivity index (χ3v) is 0. The highest BCUT2D eigenvalue weighted by Crippen LogP contribution is 1.57. The van der Waals surface area contributed by atoms with Crippen LogP contribution in [0.5, 0.6) is 0 Å². The Labute approximate surface area is 125 Å². The lowest BCUT2D eigenvalue weighted by molar-refractivity contribution is 1.09. The van der Waals surface area contributed by atoms with Crippen molar-refractivity contribution < 1.29 is 0 Å². The molecule has 0 nitrogen and oxygen atoms in total. The van der Waals surface area contributed by atoms with Gasteiger partial charge in [-0.05, 0) is 0 Å². The zero-order chi connectivity index (χ0) is 12.8. The average molecular weight is 271 g/mol. The van der Waals surface area contributed by atoms with E-state index in [2.05, 4.69) is 55.4 Å². The molecule has 0 aromatic heterocycles. The van der Waals surface area contributed by atoms with Gasteiger partial charge in [-0.3, -0.25) is 0 Å². The van der Waals surface area contributed by atoms with Gasteiger partial charge in [0.15, 0.2) is 0 Å². The number of rotatable bonds is 0. The lowest BCUT2D eigenvalue weighted by atomic mass is 10.6. The molecule has 0 fully saturated rings. The molecule has 126 valence electrons. The van der Waals surface area contributed by atoms with E-state index >= 15 is 0 Å². The average Bonchev–Trinajstić information content (AvgIpc) is 2.12.